The fourth-order valence-electron chi connectivity index (χ4n) is 2.97. The van der Waals surface area contributed by atoms with Gasteiger partial charge in [-0.3, -0.25) is 14.4 Å². The quantitative estimate of drug-likeness (QED) is 0.294. The molecule has 0 aromatic rings. The maximum absolute atomic E-state index is 12.6. The van der Waals surface area contributed by atoms with Crippen LogP contribution in [-0.4, -0.2) is 75.9 Å². The van der Waals surface area contributed by atoms with Crippen molar-refractivity contribution in [3.63, 3.8) is 0 Å². The number of Topliss-reactive ketones (excluding diaryl/α,β-unsaturated/α-hetero) is 2. The van der Waals surface area contributed by atoms with E-state index in [0.717, 1.165) is 4.90 Å². The minimum Gasteiger partial charge on any atom is -0.479 e. The first-order valence-electron chi connectivity index (χ1n) is 7.10. The van der Waals surface area contributed by atoms with Crippen molar-refractivity contribution in [2.75, 3.05) is 19.7 Å². The zero-order valence-electron chi connectivity index (χ0n) is 12.8. The van der Waals surface area contributed by atoms with Crippen molar-refractivity contribution in [2.24, 2.45) is 23.1 Å². The molecular weight excluding hydrogens is 308 g/mol. The van der Waals surface area contributed by atoms with Gasteiger partial charge in [0, 0.05) is 6.54 Å². The maximum Gasteiger partial charge on any atom is 0.338 e. The third-order valence-electron chi connectivity index (χ3n) is 4.07. The molecule has 10 heteroatoms. The lowest BCUT2D eigenvalue weighted by Crippen LogP contribution is -2.68. The first kappa shape index (κ1) is 19.2. The predicted octanol–water partition coefficient (Wildman–Crippen LogP) is -3.58. The molecule has 0 radical (unpaired) electrons. The molecule has 1 aliphatic rings. The zero-order valence-corrected chi connectivity index (χ0v) is 12.8. The molecule has 0 aromatic carbocycles. The molecule has 0 saturated carbocycles. The minimum atomic E-state index is -2.50. The Morgan fingerprint density at radius 1 is 1.30 bits per heavy atom. The molecular formula is C13H22N4O6. The van der Waals surface area contributed by atoms with Gasteiger partial charge < -0.3 is 32.3 Å². The highest BCUT2D eigenvalue weighted by Crippen LogP contribution is 2.38. The number of ketones is 2. The van der Waals surface area contributed by atoms with Crippen LogP contribution in [0.5, 0.6) is 0 Å². The molecule has 0 bridgehead atoms. The fourth-order valence-corrected chi connectivity index (χ4v) is 2.97. The molecule has 8 N–H and O–H groups in total. The molecule has 1 rings (SSSR count). The van der Waals surface area contributed by atoms with Crippen LogP contribution >= 0.6 is 0 Å². The molecule has 0 aliphatic carbocycles. The largest absolute Gasteiger partial charge is 0.479 e. The van der Waals surface area contributed by atoms with E-state index in [-0.39, 0.29) is 13.0 Å². The second-order valence-electron chi connectivity index (χ2n) is 5.51. The number of amides is 1. The Labute approximate surface area is 132 Å². The summed E-state index contributed by atoms with van der Waals surface area (Å²) in [7, 11) is 0. The van der Waals surface area contributed by atoms with Crippen molar-refractivity contribution in [3.05, 3.63) is 0 Å². The second kappa shape index (κ2) is 7.13. The Hall–Kier alpha value is -1.88. The third kappa shape index (κ3) is 2.98. The van der Waals surface area contributed by atoms with E-state index in [1.165, 1.54) is 6.92 Å². The summed E-state index contributed by atoms with van der Waals surface area (Å²) in [5, 5.41) is 18.8. The lowest BCUT2D eigenvalue weighted by atomic mass is 9.75. The summed E-state index contributed by atoms with van der Waals surface area (Å²) in [5.41, 5.74) is 13.8. The smallest absolute Gasteiger partial charge is 0.338 e. The van der Waals surface area contributed by atoms with E-state index in [1.54, 1.807) is 0 Å². The van der Waals surface area contributed by atoms with Gasteiger partial charge in [-0.1, -0.05) is 0 Å². The van der Waals surface area contributed by atoms with Crippen LogP contribution in [0.15, 0.2) is 0 Å². The number of nitrogens with zero attached hydrogens (tertiary/aromatic N) is 1. The van der Waals surface area contributed by atoms with Gasteiger partial charge in [-0.2, -0.15) is 0 Å². The zero-order chi connectivity index (χ0) is 17.9. The molecule has 130 valence electrons. The molecule has 4 unspecified atom stereocenters. The summed E-state index contributed by atoms with van der Waals surface area (Å²) < 4.78 is 0. The van der Waals surface area contributed by atoms with Gasteiger partial charge >= 0.3 is 5.97 Å². The SMILES string of the molecule is CC(N)C(=O)C1CCN(C(=O)CN)C1(C(=O)O)C(=O)C(N)CO. The Kier molecular flexibility index (Phi) is 5.94. The van der Waals surface area contributed by atoms with Gasteiger partial charge in [0.2, 0.25) is 11.4 Å². The number of carboxylic acids is 1. The van der Waals surface area contributed by atoms with Crippen LogP contribution in [0.25, 0.3) is 0 Å². The standard InChI is InChI=1S/C13H22N4O6/c1-6(15)10(20)7-2-3-17(9(19)4-14)13(7,12(22)23)11(21)8(16)5-18/h6-8,18H,2-5,14-16H2,1H3,(H,22,23). The van der Waals surface area contributed by atoms with Crippen LogP contribution in [0.1, 0.15) is 13.3 Å². The van der Waals surface area contributed by atoms with E-state index in [4.69, 9.17) is 22.3 Å². The fraction of sp³-hybridized carbons (Fsp3) is 0.692. The average Bonchev–Trinajstić information content (AvgIpc) is 2.92. The number of aliphatic carboxylic acids is 1. The lowest BCUT2D eigenvalue weighted by Gasteiger charge is -2.38. The number of carboxylic acid groups (broad SMARTS) is 1. The second-order valence-corrected chi connectivity index (χ2v) is 5.51. The summed E-state index contributed by atoms with van der Waals surface area (Å²) in [6, 6.07) is -2.58. The normalized spacial score (nSPS) is 26.7. The summed E-state index contributed by atoms with van der Waals surface area (Å²) in [6.07, 6.45) is -0.0533. The number of hydrogen-bond donors (Lipinski definition) is 5. The number of carbonyl (C=O) groups excluding carboxylic acids is 3. The molecule has 1 aliphatic heterocycles. The van der Waals surface area contributed by atoms with Gasteiger partial charge in [-0.05, 0) is 13.3 Å². The van der Waals surface area contributed by atoms with Crippen LogP contribution in [-0.2, 0) is 19.2 Å². The molecule has 1 heterocycles. The monoisotopic (exact) mass is 330 g/mol. The molecule has 1 saturated heterocycles. The molecule has 1 fully saturated rings. The van der Waals surface area contributed by atoms with Crippen LogP contribution in [0.2, 0.25) is 0 Å². The number of rotatable bonds is 7. The van der Waals surface area contributed by atoms with E-state index in [2.05, 4.69) is 0 Å². The minimum absolute atomic E-state index is 0.0533. The first-order chi connectivity index (χ1) is 10.7. The molecule has 0 spiro atoms. The summed E-state index contributed by atoms with van der Waals surface area (Å²) in [4.78, 5) is 49.7. The van der Waals surface area contributed by atoms with E-state index in [0.29, 0.717) is 0 Å². The van der Waals surface area contributed by atoms with Crippen LogP contribution in [0.4, 0.5) is 0 Å². The predicted molar refractivity (Wildman–Crippen MR) is 78.0 cm³/mol. The third-order valence-corrected chi connectivity index (χ3v) is 4.07. The highest BCUT2D eigenvalue weighted by atomic mass is 16.4. The molecule has 10 nitrogen and oxygen atoms in total. The van der Waals surface area contributed by atoms with E-state index >= 15 is 0 Å². The Balaban J connectivity index is 3.54. The van der Waals surface area contributed by atoms with E-state index in [1.807, 2.05) is 0 Å². The molecule has 1 amide bonds. The Bertz CT molecular complexity index is 523. The first-order valence-corrected chi connectivity index (χ1v) is 7.10. The number of hydrogen-bond acceptors (Lipinski definition) is 8. The number of nitrogens with two attached hydrogens (primary N) is 3. The molecule has 0 aromatic heterocycles. The molecule has 4 atom stereocenters. The average molecular weight is 330 g/mol. The number of carbonyl (C=O) groups is 4. The lowest BCUT2D eigenvalue weighted by molar-refractivity contribution is -0.166. The van der Waals surface area contributed by atoms with Crippen LogP contribution in [0, 0.1) is 5.92 Å². The van der Waals surface area contributed by atoms with E-state index < -0.39 is 60.1 Å². The van der Waals surface area contributed by atoms with Gasteiger partial charge in [-0.15, -0.1) is 0 Å². The summed E-state index contributed by atoms with van der Waals surface area (Å²) >= 11 is 0. The highest BCUT2D eigenvalue weighted by molar-refractivity contribution is 6.16. The Morgan fingerprint density at radius 2 is 1.87 bits per heavy atom. The van der Waals surface area contributed by atoms with Gasteiger partial charge in [0.25, 0.3) is 0 Å². The maximum atomic E-state index is 12.6. The number of aliphatic hydroxyl groups is 1. The Morgan fingerprint density at radius 3 is 2.26 bits per heavy atom. The van der Waals surface area contributed by atoms with Crippen LogP contribution < -0.4 is 17.2 Å². The van der Waals surface area contributed by atoms with Gasteiger partial charge in [-0.25, -0.2) is 4.79 Å². The van der Waals surface area contributed by atoms with Gasteiger partial charge in [0.05, 0.1) is 31.2 Å². The van der Waals surface area contributed by atoms with Crippen molar-refractivity contribution in [1.29, 1.82) is 0 Å². The van der Waals surface area contributed by atoms with Crippen molar-refractivity contribution >= 4 is 23.4 Å². The van der Waals surface area contributed by atoms with E-state index in [9.17, 15) is 24.3 Å². The number of aliphatic hydroxyl groups excluding tert-OH is 1. The number of likely N-dealkylation sites (tertiary alicyclic amines) is 1. The van der Waals surface area contributed by atoms with Gasteiger partial charge in [0.15, 0.2) is 11.6 Å². The van der Waals surface area contributed by atoms with Crippen molar-refractivity contribution < 1.29 is 29.4 Å². The van der Waals surface area contributed by atoms with Crippen molar-refractivity contribution in [3.8, 4) is 0 Å². The van der Waals surface area contributed by atoms with Crippen LogP contribution in [0.3, 0.4) is 0 Å². The van der Waals surface area contributed by atoms with Gasteiger partial charge in [0.1, 0.15) is 0 Å². The topological polar surface area (TPSA) is 190 Å². The molecule has 23 heavy (non-hydrogen) atoms. The van der Waals surface area contributed by atoms with Crippen molar-refractivity contribution in [1.82, 2.24) is 4.90 Å². The summed E-state index contributed by atoms with van der Waals surface area (Å²) in [5.74, 6) is -5.62. The highest BCUT2D eigenvalue weighted by Gasteiger charge is 2.64. The van der Waals surface area contributed by atoms with Crippen molar-refractivity contribution in [2.45, 2.75) is 31.0 Å². The summed E-state index contributed by atoms with van der Waals surface area (Å²) in [6.45, 7) is -0.137.